The van der Waals surface area contributed by atoms with Crippen LogP contribution in [0.1, 0.15) is 6.92 Å². The zero-order valence-electron chi connectivity index (χ0n) is 5.59. The van der Waals surface area contributed by atoms with Crippen LogP contribution in [0.15, 0.2) is 0 Å². The molecule has 50 valence electrons. The molecule has 0 heterocycles. The molecule has 1 atom stereocenters. The maximum absolute atomic E-state index is 8.83. The zero-order valence-corrected chi connectivity index (χ0v) is 5.59. The van der Waals surface area contributed by atoms with Crippen LogP contribution in [-0.4, -0.2) is 37.1 Å². The van der Waals surface area contributed by atoms with Crippen molar-refractivity contribution in [3.8, 4) is 0 Å². The summed E-state index contributed by atoms with van der Waals surface area (Å²) in [5.41, 5.74) is 0. The number of aliphatic hydroxyl groups excluding tert-OH is 1. The Balaban J connectivity index is 3.17. The normalized spacial score (nSPS) is 14.6. The summed E-state index contributed by atoms with van der Waals surface area (Å²) in [5.74, 6) is 0. The quantitative estimate of drug-likeness (QED) is 0.525. The second-order valence-corrected chi connectivity index (χ2v) is 1.75. The summed E-state index contributed by atoms with van der Waals surface area (Å²) in [6, 6.07) is 0. The summed E-state index contributed by atoms with van der Waals surface area (Å²) >= 11 is 0. The van der Waals surface area contributed by atoms with E-state index in [4.69, 9.17) is 9.84 Å². The Morgan fingerprint density at radius 1 is 1.62 bits per heavy atom. The van der Waals surface area contributed by atoms with Crippen LogP contribution in [0, 0.1) is 0 Å². The van der Waals surface area contributed by atoms with E-state index >= 15 is 0 Å². The van der Waals surface area contributed by atoms with Crippen molar-refractivity contribution in [2.75, 3.05) is 20.7 Å². The van der Waals surface area contributed by atoms with Crippen molar-refractivity contribution in [1.82, 2.24) is 4.90 Å². The Labute approximate surface area is 49.9 Å². The van der Waals surface area contributed by atoms with E-state index < -0.39 is 6.41 Å². The smallest absolute Gasteiger partial charge is 0.215 e. The highest BCUT2D eigenvalue weighted by molar-refractivity contribution is 4.31. The molecule has 0 saturated carbocycles. The maximum atomic E-state index is 8.83. The third-order valence-corrected chi connectivity index (χ3v) is 0.757. The van der Waals surface area contributed by atoms with Crippen LogP contribution in [0.25, 0.3) is 0 Å². The topological polar surface area (TPSA) is 32.7 Å². The molecule has 0 rings (SSSR count). The highest BCUT2D eigenvalue weighted by atomic mass is 16.6. The minimum absolute atomic E-state index is 0.541. The average Bonchev–Trinajstić information content (AvgIpc) is 1.67. The van der Waals surface area contributed by atoms with Crippen LogP contribution in [0.4, 0.5) is 0 Å². The molecule has 0 unspecified atom stereocenters. The summed E-state index contributed by atoms with van der Waals surface area (Å²) in [5, 5.41) is 8.83. The van der Waals surface area contributed by atoms with Gasteiger partial charge in [0.25, 0.3) is 0 Å². The Morgan fingerprint density at radius 2 is 2.12 bits per heavy atom. The SMILES string of the molecule is CCO[C@H](O)N(C)C. The van der Waals surface area contributed by atoms with Crippen molar-refractivity contribution in [2.24, 2.45) is 0 Å². The Bertz CT molecular complexity index is 56.4. The summed E-state index contributed by atoms with van der Waals surface area (Å²) < 4.78 is 4.78. The highest BCUT2D eigenvalue weighted by Gasteiger charge is 2.02. The molecule has 0 aliphatic carbocycles. The molecule has 0 saturated heterocycles. The third-order valence-electron chi connectivity index (χ3n) is 0.757. The molecule has 0 aliphatic rings. The summed E-state index contributed by atoms with van der Waals surface area (Å²) in [6.07, 6.45) is -0.750. The van der Waals surface area contributed by atoms with Gasteiger partial charge in [-0.1, -0.05) is 0 Å². The second kappa shape index (κ2) is 3.83. The molecule has 0 aromatic carbocycles. The number of hydrogen-bond acceptors (Lipinski definition) is 3. The predicted molar refractivity (Wildman–Crippen MR) is 31.3 cm³/mol. The van der Waals surface area contributed by atoms with Gasteiger partial charge in [0, 0.05) is 6.61 Å². The molecule has 3 nitrogen and oxygen atoms in total. The lowest BCUT2D eigenvalue weighted by atomic mass is 10.8. The van der Waals surface area contributed by atoms with Gasteiger partial charge in [-0.15, -0.1) is 0 Å². The Kier molecular flexibility index (Phi) is 3.77. The highest BCUT2D eigenvalue weighted by Crippen LogP contribution is 1.87. The minimum Gasteiger partial charge on any atom is -0.356 e. The molecule has 3 heteroatoms. The maximum Gasteiger partial charge on any atom is 0.215 e. The Morgan fingerprint density at radius 3 is 2.25 bits per heavy atom. The minimum atomic E-state index is -0.750. The van der Waals surface area contributed by atoms with Gasteiger partial charge in [0.2, 0.25) is 6.41 Å². The van der Waals surface area contributed by atoms with Crippen LogP contribution in [0.2, 0.25) is 0 Å². The fourth-order valence-corrected chi connectivity index (χ4v) is 0.298. The van der Waals surface area contributed by atoms with Gasteiger partial charge in [-0.05, 0) is 21.0 Å². The van der Waals surface area contributed by atoms with Crippen molar-refractivity contribution < 1.29 is 9.84 Å². The summed E-state index contributed by atoms with van der Waals surface area (Å²) in [7, 11) is 3.50. The van der Waals surface area contributed by atoms with Gasteiger partial charge in [-0.3, -0.25) is 4.90 Å². The lowest BCUT2D eigenvalue weighted by molar-refractivity contribution is -0.173. The fourth-order valence-electron chi connectivity index (χ4n) is 0.298. The first-order valence-electron chi connectivity index (χ1n) is 2.64. The fraction of sp³-hybridized carbons (Fsp3) is 1.00. The van der Waals surface area contributed by atoms with E-state index in [1.807, 2.05) is 6.92 Å². The largest absolute Gasteiger partial charge is 0.356 e. The molecule has 0 aromatic rings. The number of aliphatic hydroxyl groups is 1. The molecule has 0 radical (unpaired) electrons. The van der Waals surface area contributed by atoms with Crippen LogP contribution < -0.4 is 0 Å². The Hall–Kier alpha value is -0.120. The zero-order chi connectivity index (χ0) is 6.57. The predicted octanol–water partition coefficient (Wildman–Crippen LogP) is -0.140. The van der Waals surface area contributed by atoms with Crippen molar-refractivity contribution in [1.29, 1.82) is 0 Å². The molecule has 0 fully saturated rings. The van der Waals surface area contributed by atoms with E-state index in [9.17, 15) is 0 Å². The molecular weight excluding hydrogens is 106 g/mol. The molecular formula is C5H13NO2. The standard InChI is InChI=1S/C5H13NO2/c1-4-8-5(7)6(2)3/h5,7H,4H2,1-3H3/t5-/m0/s1. The summed E-state index contributed by atoms with van der Waals surface area (Å²) in [6.45, 7) is 2.38. The summed E-state index contributed by atoms with van der Waals surface area (Å²) in [4.78, 5) is 1.59. The monoisotopic (exact) mass is 119 g/mol. The molecule has 0 bridgehead atoms. The number of nitrogens with zero attached hydrogens (tertiary/aromatic N) is 1. The van der Waals surface area contributed by atoms with E-state index in [0.29, 0.717) is 6.61 Å². The lowest BCUT2D eigenvalue weighted by Gasteiger charge is -2.16. The van der Waals surface area contributed by atoms with Crippen LogP contribution >= 0.6 is 0 Å². The average molecular weight is 119 g/mol. The van der Waals surface area contributed by atoms with Crippen molar-refractivity contribution in [3.63, 3.8) is 0 Å². The molecule has 0 spiro atoms. The lowest BCUT2D eigenvalue weighted by Crippen LogP contribution is -2.29. The molecule has 0 aliphatic heterocycles. The number of rotatable bonds is 3. The number of hydrogen-bond donors (Lipinski definition) is 1. The van der Waals surface area contributed by atoms with E-state index in [1.165, 1.54) is 0 Å². The second-order valence-electron chi connectivity index (χ2n) is 1.75. The van der Waals surface area contributed by atoms with Gasteiger partial charge < -0.3 is 9.84 Å². The van der Waals surface area contributed by atoms with Gasteiger partial charge in [-0.2, -0.15) is 0 Å². The van der Waals surface area contributed by atoms with E-state index in [2.05, 4.69) is 0 Å². The van der Waals surface area contributed by atoms with E-state index in [-0.39, 0.29) is 0 Å². The van der Waals surface area contributed by atoms with Gasteiger partial charge >= 0.3 is 0 Å². The van der Waals surface area contributed by atoms with Crippen LogP contribution in [0.5, 0.6) is 0 Å². The molecule has 8 heavy (non-hydrogen) atoms. The molecule has 0 amide bonds. The van der Waals surface area contributed by atoms with Crippen LogP contribution in [0.3, 0.4) is 0 Å². The van der Waals surface area contributed by atoms with Crippen LogP contribution in [-0.2, 0) is 4.74 Å². The molecule has 1 N–H and O–H groups in total. The van der Waals surface area contributed by atoms with Gasteiger partial charge in [0.1, 0.15) is 0 Å². The number of ether oxygens (including phenoxy) is 1. The first-order valence-corrected chi connectivity index (χ1v) is 2.64. The van der Waals surface area contributed by atoms with E-state index in [0.717, 1.165) is 0 Å². The van der Waals surface area contributed by atoms with Crippen molar-refractivity contribution >= 4 is 0 Å². The van der Waals surface area contributed by atoms with Gasteiger partial charge in [0.05, 0.1) is 0 Å². The van der Waals surface area contributed by atoms with Gasteiger partial charge in [-0.25, -0.2) is 0 Å². The van der Waals surface area contributed by atoms with E-state index in [1.54, 1.807) is 19.0 Å². The van der Waals surface area contributed by atoms with Crippen molar-refractivity contribution in [2.45, 2.75) is 13.3 Å². The first-order chi connectivity index (χ1) is 3.68. The first kappa shape index (κ1) is 7.88. The molecule has 0 aromatic heterocycles. The van der Waals surface area contributed by atoms with Gasteiger partial charge in [0.15, 0.2) is 0 Å². The third kappa shape index (κ3) is 2.96. The van der Waals surface area contributed by atoms with Crippen molar-refractivity contribution in [3.05, 3.63) is 0 Å².